The molecule has 1 aliphatic carbocycles. The number of unbranched alkanes of at least 4 members (excludes halogenated alkanes) is 3. The van der Waals surface area contributed by atoms with Crippen LogP contribution >= 0.6 is 0 Å². The minimum absolute atomic E-state index is 0.250. The average molecular weight is 399 g/mol. The highest BCUT2D eigenvalue weighted by Crippen LogP contribution is 2.49. The Labute approximate surface area is 169 Å². The molecule has 0 aromatic carbocycles. The van der Waals surface area contributed by atoms with Crippen molar-refractivity contribution < 1.29 is 29.2 Å². The molecule has 28 heavy (non-hydrogen) atoms. The third kappa shape index (κ3) is 7.14. The van der Waals surface area contributed by atoms with Gasteiger partial charge in [-0.15, -0.1) is 0 Å². The predicted octanol–water partition coefficient (Wildman–Crippen LogP) is 3.91. The third-order valence-corrected chi connectivity index (χ3v) is 5.78. The zero-order valence-corrected chi connectivity index (χ0v) is 17.5. The summed E-state index contributed by atoms with van der Waals surface area (Å²) in [6.45, 7) is 6.09. The molecule has 0 radical (unpaired) electrons. The lowest BCUT2D eigenvalue weighted by molar-refractivity contribution is -0.186. The third-order valence-electron chi connectivity index (χ3n) is 5.78. The van der Waals surface area contributed by atoms with Crippen molar-refractivity contribution in [1.82, 2.24) is 0 Å². The maximum atomic E-state index is 10.6. The van der Waals surface area contributed by atoms with Crippen LogP contribution < -0.4 is 0 Å². The van der Waals surface area contributed by atoms with Gasteiger partial charge in [0.05, 0.1) is 19.8 Å². The monoisotopic (exact) mass is 398 g/mol. The molecule has 1 aliphatic heterocycles. The number of allylic oxidation sites excluding steroid dienone is 1. The summed E-state index contributed by atoms with van der Waals surface area (Å²) in [7, 11) is 0. The van der Waals surface area contributed by atoms with Crippen LogP contribution in [0.3, 0.4) is 0 Å². The molecule has 0 bridgehead atoms. The van der Waals surface area contributed by atoms with Crippen molar-refractivity contribution in [3.8, 4) is 0 Å². The first-order valence-electron chi connectivity index (χ1n) is 10.9. The van der Waals surface area contributed by atoms with Crippen molar-refractivity contribution in [3.63, 3.8) is 0 Å². The quantitative estimate of drug-likeness (QED) is 0.361. The Morgan fingerprint density at radius 2 is 1.96 bits per heavy atom. The summed E-state index contributed by atoms with van der Waals surface area (Å²) < 4.78 is 17.6. The summed E-state index contributed by atoms with van der Waals surface area (Å²) in [4.78, 5) is 10.6. The van der Waals surface area contributed by atoms with Crippen LogP contribution in [0.15, 0.2) is 12.2 Å². The molecule has 2 N–H and O–H groups in total. The minimum Gasteiger partial charge on any atom is -0.481 e. The Morgan fingerprint density at radius 3 is 2.64 bits per heavy atom. The second-order valence-corrected chi connectivity index (χ2v) is 8.43. The molecular formula is C22H38O6. The Bertz CT molecular complexity index is 495. The fourth-order valence-electron chi connectivity index (χ4n) is 4.37. The van der Waals surface area contributed by atoms with Gasteiger partial charge in [-0.2, -0.15) is 0 Å². The van der Waals surface area contributed by atoms with Gasteiger partial charge in [-0.05, 0) is 38.5 Å². The molecule has 0 aromatic rings. The van der Waals surface area contributed by atoms with E-state index in [2.05, 4.69) is 13.0 Å². The lowest BCUT2D eigenvalue weighted by atomic mass is 9.86. The molecule has 1 saturated carbocycles. The Morgan fingerprint density at radius 1 is 1.25 bits per heavy atom. The molecule has 3 unspecified atom stereocenters. The van der Waals surface area contributed by atoms with Gasteiger partial charge in [-0.25, -0.2) is 0 Å². The minimum atomic E-state index is -0.969. The van der Waals surface area contributed by atoms with Gasteiger partial charge in [-0.1, -0.05) is 38.3 Å². The van der Waals surface area contributed by atoms with Gasteiger partial charge in [0.15, 0.2) is 5.79 Å². The fourth-order valence-corrected chi connectivity index (χ4v) is 4.37. The van der Waals surface area contributed by atoms with Crippen LogP contribution in [0.4, 0.5) is 0 Å². The van der Waals surface area contributed by atoms with Crippen LogP contribution in [0.2, 0.25) is 0 Å². The van der Waals surface area contributed by atoms with E-state index < -0.39 is 17.4 Å². The highest BCUT2D eigenvalue weighted by molar-refractivity contribution is 5.66. The topological polar surface area (TPSA) is 85.2 Å². The van der Waals surface area contributed by atoms with Crippen molar-refractivity contribution in [1.29, 1.82) is 0 Å². The maximum Gasteiger partial charge on any atom is 0.303 e. The smallest absolute Gasteiger partial charge is 0.303 e. The molecule has 1 saturated heterocycles. The van der Waals surface area contributed by atoms with Crippen molar-refractivity contribution in [2.24, 2.45) is 11.8 Å². The number of carbonyl (C=O) groups is 1. The molecule has 0 amide bonds. The molecule has 162 valence electrons. The number of rotatable bonds is 13. The van der Waals surface area contributed by atoms with Gasteiger partial charge in [0.1, 0.15) is 5.60 Å². The van der Waals surface area contributed by atoms with Gasteiger partial charge in [0.2, 0.25) is 0 Å². The predicted molar refractivity (Wildman–Crippen MR) is 107 cm³/mol. The van der Waals surface area contributed by atoms with E-state index in [9.17, 15) is 9.90 Å². The van der Waals surface area contributed by atoms with Crippen LogP contribution in [0.25, 0.3) is 0 Å². The second kappa shape index (κ2) is 11.3. The van der Waals surface area contributed by atoms with E-state index in [0.717, 1.165) is 51.4 Å². The SMILES string of the molecule is CCCOCC(C)(O)C=CC1CCC2(OCCO2)C1CCCCCCC(=O)O. The molecule has 2 aliphatic rings. The summed E-state index contributed by atoms with van der Waals surface area (Å²) in [5.41, 5.74) is -0.969. The van der Waals surface area contributed by atoms with Crippen LogP contribution in [0, 0.1) is 11.8 Å². The standard InChI is InChI=1S/C22H38O6/c1-3-14-26-17-21(2,25)12-10-18-11-13-22(27-15-16-28-22)19(18)8-6-4-5-7-9-20(23)24/h10,12,18-19,25H,3-9,11,13-17H2,1-2H3,(H,23,24). The first-order valence-corrected chi connectivity index (χ1v) is 10.9. The van der Waals surface area contributed by atoms with Gasteiger partial charge >= 0.3 is 5.97 Å². The number of ether oxygens (including phenoxy) is 3. The summed E-state index contributed by atoms with van der Waals surface area (Å²) in [6, 6.07) is 0. The maximum absolute atomic E-state index is 10.6. The number of carboxylic acids is 1. The first-order chi connectivity index (χ1) is 13.4. The highest BCUT2D eigenvalue weighted by Gasteiger charge is 2.51. The van der Waals surface area contributed by atoms with Crippen molar-refractivity contribution in [3.05, 3.63) is 12.2 Å². The Kier molecular flexibility index (Phi) is 9.41. The molecular weight excluding hydrogens is 360 g/mol. The zero-order chi connectivity index (χ0) is 20.5. The van der Waals surface area contributed by atoms with Crippen molar-refractivity contribution in [2.45, 2.75) is 83.0 Å². The van der Waals surface area contributed by atoms with Crippen molar-refractivity contribution >= 4 is 5.97 Å². The van der Waals surface area contributed by atoms with Gasteiger partial charge in [0.25, 0.3) is 0 Å². The van der Waals surface area contributed by atoms with E-state index in [0.29, 0.717) is 32.3 Å². The lowest BCUT2D eigenvalue weighted by Gasteiger charge is -2.32. The molecule has 1 heterocycles. The molecule has 6 heteroatoms. The van der Waals surface area contributed by atoms with Gasteiger partial charge in [-0.3, -0.25) is 4.79 Å². The van der Waals surface area contributed by atoms with Crippen LogP contribution in [-0.2, 0) is 19.0 Å². The second-order valence-electron chi connectivity index (χ2n) is 8.43. The first kappa shape index (κ1) is 23.3. The normalized spacial score (nSPS) is 26.2. The van der Waals surface area contributed by atoms with Crippen LogP contribution in [0.5, 0.6) is 0 Å². The number of carboxylic acid groups (broad SMARTS) is 1. The van der Waals surface area contributed by atoms with E-state index in [1.54, 1.807) is 6.92 Å². The molecule has 2 rings (SSSR count). The van der Waals surface area contributed by atoms with E-state index in [1.807, 2.05) is 6.08 Å². The van der Waals surface area contributed by atoms with Gasteiger partial charge in [0, 0.05) is 25.4 Å². The number of aliphatic hydroxyl groups is 1. The fraction of sp³-hybridized carbons (Fsp3) is 0.864. The lowest BCUT2D eigenvalue weighted by Crippen LogP contribution is -2.36. The zero-order valence-electron chi connectivity index (χ0n) is 17.5. The summed E-state index contributed by atoms with van der Waals surface area (Å²) in [6.07, 6.45) is 11.8. The molecule has 2 fully saturated rings. The molecule has 0 aromatic heterocycles. The average Bonchev–Trinajstić information content (AvgIpc) is 3.24. The summed E-state index contributed by atoms with van der Waals surface area (Å²) in [5, 5.41) is 19.3. The van der Waals surface area contributed by atoms with E-state index in [-0.39, 0.29) is 12.3 Å². The molecule has 3 atom stereocenters. The number of aliphatic carboxylic acids is 1. The van der Waals surface area contributed by atoms with E-state index in [1.165, 1.54) is 0 Å². The summed E-state index contributed by atoms with van der Waals surface area (Å²) >= 11 is 0. The van der Waals surface area contributed by atoms with E-state index >= 15 is 0 Å². The van der Waals surface area contributed by atoms with Crippen molar-refractivity contribution in [2.75, 3.05) is 26.4 Å². The number of hydrogen-bond acceptors (Lipinski definition) is 5. The highest BCUT2D eigenvalue weighted by atomic mass is 16.7. The molecule has 6 nitrogen and oxygen atoms in total. The van der Waals surface area contributed by atoms with Crippen LogP contribution in [-0.4, -0.2) is 54.0 Å². The van der Waals surface area contributed by atoms with Crippen LogP contribution in [0.1, 0.15) is 71.6 Å². The summed E-state index contributed by atoms with van der Waals surface area (Å²) in [5.74, 6) is -0.601. The molecule has 1 spiro atoms. The Hall–Kier alpha value is -0.950. The van der Waals surface area contributed by atoms with Gasteiger partial charge < -0.3 is 24.4 Å². The Balaban J connectivity index is 1.88. The number of hydrogen-bond donors (Lipinski definition) is 2. The largest absolute Gasteiger partial charge is 0.481 e. The van der Waals surface area contributed by atoms with E-state index in [4.69, 9.17) is 19.3 Å².